The molecule has 2 aromatic rings. The molecule has 0 heterocycles. The average molecular weight is 418 g/mol. The molecule has 0 spiro atoms. The highest BCUT2D eigenvalue weighted by Gasteiger charge is 2.13. The molecule has 4 nitrogen and oxygen atoms in total. The number of halogens is 3. The Morgan fingerprint density at radius 3 is 2.29 bits per heavy atom. The normalized spacial score (nSPS) is 10.6. The Morgan fingerprint density at radius 1 is 1.05 bits per heavy atom. The first-order valence-electron chi connectivity index (χ1n) is 6.05. The van der Waals surface area contributed by atoms with Gasteiger partial charge in [0.25, 0.3) is 5.69 Å². The van der Waals surface area contributed by atoms with Crippen LogP contribution in [0.1, 0.15) is 11.1 Å². The van der Waals surface area contributed by atoms with Crippen LogP contribution in [0.3, 0.4) is 0 Å². The van der Waals surface area contributed by atoms with Gasteiger partial charge in [-0.2, -0.15) is 0 Å². The zero-order valence-corrected chi connectivity index (χ0v) is 13.9. The first kappa shape index (κ1) is 16.1. The van der Waals surface area contributed by atoms with Gasteiger partial charge in [0.05, 0.1) is 4.92 Å². The fourth-order valence-electron chi connectivity index (χ4n) is 1.88. The van der Waals surface area contributed by atoms with Crippen LogP contribution in [0, 0.1) is 15.9 Å². The van der Waals surface area contributed by atoms with E-state index in [0.29, 0.717) is 11.1 Å². The lowest BCUT2D eigenvalue weighted by Gasteiger charge is -2.08. The van der Waals surface area contributed by atoms with Crippen molar-refractivity contribution in [3.8, 4) is 0 Å². The fourth-order valence-corrected chi connectivity index (χ4v) is 2.70. The van der Waals surface area contributed by atoms with Crippen LogP contribution in [0.25, 0.3) is 0 Å². The Balaban J connectivity index is 2.08. The maximum Gasteiger partial charge on any atom is 0.273 e. The molecule has 0 saturated carbocycles. The minimum absolute atomic E-state index is 0.0421. The minimum Gasteiger partial charge on any atom is -0.308 e. The monoisotopic (exact) mass is 416 g/mol. The average Bonchev–Trinajstić information content (AvgIpc) is 2.42. The SMILES string of the molecule is O=[N+]([O-])c1ccc(Br)cc1CNCc1cc(Br)ccc1F. The standard InChI is InChI=1S/C14H11Br2FN2O2/c15-11-1-3-13(17)9(5-11)7-18-8-10-6-12(16)2-4-14(10)19(20)21/h1-6,18H,7-8H2. The lowest BCUT2D eigenvalue weighted by molar-refractivity contribution is -0.385. The zero-order chi connectivity index (χ0) is 15.4. The van der Waals surface area contributed by atoms with Crippen molar-refractivity contribution in [2.24, 2.45) is 0 Å². The van der Waals surface area contributed by atoms with E-state index in [9.17, 15) is 14.5 Å². The Labute approximate surface area is 137 Å². The van der Waals surface area contributed by atoms with Crippen LogP contribution in [0.2, 0.25) is 0 Å². The molecule has 0 radical (unpaired) electrons. The number of rotatable bonds is 5. The number of nitro benzene ring substituents is 1. The maximum atomic E-state index is 13.6. The number of nitrogens with one attached hydrogen (secondary N) is 1. The lowest BCUT2D eigenvalue weighted by Crippen LogP contribution is -2.14. The third kappa shape index (κ3) is 4.33. The molecule has 2 aromatic carbocycles. The Hall–Kier alpha value is -1.31. The summed E-state index contributed by atoms with van der Waals surface area (Å²) < 4.78 is 15.1. The summed E-state index contributed by atoms with van der Waals surface area (Å²) in [7, 11) is 0. The number of nitro groups is 1. The molecule has 0 saturated heterocycles. The third-order valence-electron chi connectivity index (χ3n) is 2.88. The molecular formula is C14H11Br2FN2O2. The van der Waals surface area contributed by atoms with Gasteiger partial charge in [-0.25, -0.2) is 4.39 Å². The van der Waals surface area contributed by atoms with E-state index in [0.717, 1.165) is 8.95 Å². The predicted octanol–water partition coefficient (Wildman–Crippen LogP) is 4.55. The molecule has 0 unspecified atom stereocenters. The van der Waals surface area contributed by atoms with Crippen molar-refractivity contribution in [2.75, 3.05) is 0 Å². The molecule has 0 bridgehead atoms. The van der Waals surface area contributed by atoms with E-state index >= 15 is 0 Å². The van der Waals surface area contributed by atoms with Crippen LogP contribution < -0.4 is 5.32 Å². The predicted molar refractivity (Wildman–Crippen MR) is 85.4 cm³/mol. The quantitative estimate of drug-likeness (QED) is 0.573. The minimum atomic E-state index is -0.427. The van der Waals surface area contributed by atoms with E-state index in [1.165, 1.54) is 12.1 Å². The Bertz CT molecular complexity index is 680. The van der Waals surface area contributed by atoms with Crippen molar-refractivity contribution in [2.45, 2.75) is 13.1 Å². The van der Waals surface area contributed by atoms with Crippen molar-refractivity contribution in [3.05, 3.63) is 72.4 Å². The van der Waals surface area contributed by atoms with Crippen LogP contribution in [0.5, 0.6) is 0 Å². The molecule has 7 heteroatoms. The highest BCUT2D eigenvalue weighted by atomic mass is 79.9. The molecular weight excluding hydrogens is 407 g/mol. The van der Waals surface area contributed by atoms with Gasteiger partial charge in [-0.1, -0.05) is 31.9 Å². The molecule has 0 aliphatic heterocycles. The molecule has 0 aliphatic carbocycles. The van der Waals surface area contributed by atoms with Crippen molar-refractivity contribution in [3.63, 3.8) is 0 Å². The van der Waals surface area contributed by atoms with Crippen molar-refractivity contribution >= 4 is 37.5 Å². The molecule has 0 aliphatic rings. The summed E-state index contributed by atoms with van der Waals surface area (Å²) in [5, 5.41) is 14.0. The van der Waals surface area contributed by atoms with Gasteiger partial charge in [-0.15, -0.1) is 0 Å². The van der Waals surface area contributed by atoms with Crippen molar-refractivity contribution in [1.82, 2.24) is 5.32 Å². The summed E-state index contributed by atoms with van der Waals surface area (Å²) in [5.41, 5.74) is 1.09. The molecule has 0 atom stereocenters. The highest BCUT2D eigenvalue weighted by Crippen LogP contribution is 2.23. The van der Waals surface area contributed by atoms with Crippen LogP contribution in [0.4, 0.5) is 10.1 Å². The smallest absolute Gasteiger partial charge is 0.273 e. The number of nitrogens with zero attached hydrogens (tertiary/aromatic N) is 1. The van der Waals surface area contributed by atoms with Gasteiger partial charge < -0.3 is 5.32 Å². The summed E-state index contributed by atoms with van der Waals surface area (Å²) in [6, 6.07) is 9.43. The molecule has 0 fully saturated rings. The van der Waals surface area contributed by atoms with Gasteiger partial charge in [-0.05, 0) is 30.3 Å². The Morgan fingerprint density at radius 2 is 1.62 bits per heavy atom. The highest BCUT2D eigenvalue weighted by molar-refractivity contribution is 9.10. The molecule has 21 heavy (non-hydrogen) atoms. The van der Waals surface area contributed by atoms with Crippen molar-refractivity contribution < 1.29 is 9.31 Å². The van der Waals surface area contributed by atoms with Gasteiger partial charge in [0.15, 0.2) is 0 Å². The second-order valence-corrected chi connectivity index (χ2v) is 6.20. The first-order chi connectivity index (χ1) is 9.97. The van der Waals surface area contributed by atoms with E-state index in [1.54, 1.807) is 24.3 Å². The summed E-state index contributed by atoms with van der Waals surface area (Å²) in [6.45, 7) is 0.566. The van der Waals surface area contributed by atoms with Gasteiger partial charge in [0.2, 0.25) is 0 Å². The molecule has 2 rings (SSSR count). The summed E-state index contributed by atoms with van der Waals surface area (Å²) in [4.78, 5) is 10.5. The van der Waals surface area contributed by atoms with Gasteiger partial charge in [-0.3, -0.25) is 10.1 Å². The topological polar surface area (TPSA) is 55.2 Å². The molecule has 1 N–H and O–H groups in total. The Kier molecular flexibility index (Phi) is 5.44. The summed E-state index contributed by atoms with van der Waals surface area (Å²) in [6.07, 6.45) is 0. The van der Waals surface area contributed by atoms with E-state index in [1.807, 2.05) is 0 Å². The number of hydrogen-bond acceptors (Lipinski definition) is 3. The van der Waals surface area contributed by atoms with Crippen LogP contribution in [-0.4, -0.2) is 4.92 Å². The third-order valence-corrected chi connectivity index (χ3v) is 3.86. The van der Waals surface area contributed by atoms with Gasteiger partial charge >= 0.3 is 0 Å². The summed E-state index contributed by atoms with van der Waals surface area (Å²) in [5.74, 6) is -0.311. The largest absolute Gasteiger partial charge is 0.308 e. The van der Waals surface area contributed by atoms with Crippen LogP contribution in [-0.2, 0) is 13.1 Å². The van der Waals surface area contributed by atoms with Crippen LogP contribution in [0.15, 0.2) is 45.3 Å². The fraction of sp³-hybridized carbons (Fsp3) is 0.143. The number of benzene rings is 2. The molecule has 0 amide bonds. The molecule has 0 aromatic heterocycles. The lowest BCUT2D eigenvalue weighted by atomic mass is 10.1. The zero-order valence-electron chi connectivity index (χ0n) is 10.8. The first-order valence-corrected chi connectivity index (χ1v) is 7.63. The van der Waals surface area contributed by atoms with E-state index in [4.69, 9.17) is 0 Å². The van der Waals surface area contributed by atoms with E-state index < -0.39 is 4.92 Å². The summed E-state index contributed by atoms with van der Waals surface area (Å²) >= 11 is 6.57. The van der Waals surface area contributed by atoms with Crippen molar-refractivity contribution in [1.29, 1.82) is 0 Å². The van der Waals surface area contributed by atoms with E-state index in [2.05, 4.69) is 37.2 Å². The number of hydrogen-bond donors (Lipinski definition) is 1. The maximum absolute atomic E-state index is 13.6. The van der Waals surface area contributed by atoms with Gasteiger partial charge in [0.1, 0.15) is 5.82 Å². The molecule has 110 valence electrons. The second kappa shape index (κ2) is 7.11. The van der Waals surface area contributed by atoms with E-state index in [-0.39, 0.29) is 24.6 Å². The van der Waals surface area contributed by atoms with Gasteiger partial charge in [0, 0.05) is 39.2 Å². The second-order valence-electron chi connectivity index (χ2n) is 4.37. The van der Waals surface area contributed by atoms with Crippen LogP contribution >= 0.6 is 31.9 Å².